The third kappa shape index (κ3) is 3.84. The minimum absolute atomic E-state index is 0.475. The molecule has 2 N–H and O–H groups in total. The molecule has 5 heteroatoms. The highest BCUT2D eigenvalue weighted by Gasteiger charge is 2.33. The molecule has 1 aromatic heterocycles. The lowest BCUT2D eigenvalue weighted by atomic mass is 10.1. The molecule has 0 amide bonds. The molecule has 1 aromatic rings. The van der Waals surface area contributed by atoms with Crippen molar-refractivity contribution < 1.29 is 4.74 Å². The van der Waals surface area contributed by atoms with Gasteiger partial charge in [0.15, 0.2) is 0 Å². The SMILES string of the molecule is CCCc1nc(N)c(C)c(N(CCOC)C(C)C2CC2)n1. The number of hydrogen-bond acceptors (Lipinski definition) is 5. The zero-order chi connectivity index (χ0) is 15.4. The van der Waals surface area contributed by atoms with Crippen LogP contribution in [-0.2, 0) is 11.2 Å². The van der Waals surface area contributed by atoms with Gasteiger partial charge in [0.25, 0.3) is 0 Å². The van der Waals surface area contributed by atoms with E-state index in [0.717, 1.165) is 42.5 Å². The van der Waals surface area contributed by atoms with E-state index in [4.69, 9.17) is 15.5 Å². The molecule has 0 aliphatic heterocycles. The summed E-state index contributed by atoms with van der Waals surface area (Å²) >= 11 is 0. The Morgan fingerprint density at radius 3 is 2.67 bits per heavy atom. The van der Waals surface area contributed by atoms with E-state index in [2.05, 4.69) is 23.7 Å². The first kappa shape index (κ1) is 16.0. The first-order valence-electron chi connectivity index (χ1n) is 7.97. The summed E-state index contributed by atoms with van der Waals surface area (Å²) < 4.78 is 5.28. The molecule has 0 bridgehead atoms. The fourth-order valence-electron chi connectivity index (χ4n) is 2.71. The van der Waals surface area contributed by atoms with Gasteiger partial charge >= 0.3 is 0 Å². The number of aryl methyl sites for hydroxylation is 1. The number of methoxy groups -OCH3 is 1. The number of nitrogens with zero attached hydrogens (tertiary/aromatic N) is 3. The highest BCUT2D eigenvalue weighted by molar-refractivity contribution is 5.57. The third-order valence-corrected chi connectivity index (χ3v) is 4.28. The van der Waals surface area contributed by atoms with Crippen molar-refractivity contribution in [1.82, 2.24) is 9.97 Å². The molecule has 1 heterocycles. The molecule has 5 nitrogen and oxygen atoms in total. The molecule has 2 rings (SSSR count). The molecule has 0 saturated heterocycles. The number of nitrogens with two attached hydrogens (primary N) is 1. The van der Waals surface area contributed by atoms with E-state index in [1.807, 2.05) is 6.92 Å². The maximum Gasteiger partial charge on any atom is 0.137 e. The van der Waals surface area contributed by atoms with E-state index in [0.29, 0.717) is 18.5 Å². The number of rotatable bonds is 8. The number of anilines is 2. The van der Waals surface area contributed by atoms with Crippen LogP contribution >= 0.6 is 0 Å². The van der Waals surface area contributed by atoms with Gasteiger partial charge in [0, 0.05) is 31.7 Å². The second-order valence-electron chi connectivity index (χ2n) is 5.99. The molecule has 1 aliphatic carbocycles. The zero-order valence-corrected chi connectivity index (χ0v) is 13.7. The molecule has 1 unspecified atom stereocenters. The number of ether oxygens (including phenoxy) is 1. The summed E-state index contributed by atoms with van der Waals surface area (Å²) in [5.74, 6) is 3.21. The van der Waals surface area contributed by atoms with Crippen LogP contribution in [0.15, 0.2) is 0 Å². The number of hydrogen-bond donors (Lipinski definition) is 1. The van der Waals surface area contributed by atoms with Crippen LogP contribution in [0.2, 0.25) is 0 Å². The van der Waals surface area contributed by atoms with E-state index in [1.54, 1.807) is 7.11 Å². The van der Waals surface area contributed by atoms with Crippen LogP contribution in [0.1, 0.15) is 44.5 Å². The summed E-state index contributed by atoms with van der Waals surface area (Å²) in [6.45, 7) is 7.97. The Labute approximate surface area is 127 Å². The molecule has 1 fully saturated rings. The molecule has 1 saturated carbocycles. The van der Waals surface area contributed by atoms with Crippen molar-refractivity contribution in [3.63, 3.8) is 0 Å². The van der Waals surface area contributed by atoms with Crippen LogP contribution in [0.5, 0.6) is 0 Å². The lowest BCUT2D eigenvalue weighted by Gasteiger charge is -2.32. The summed E-state index contributed by atoms with van der Waals surface area (Å²) in [6, 6.07) is 0.475. The Morgan fingerprint density at radius 2 is 2.10 bits per heavy atom. The van der Waals surface area contributed by atoms with E-state index >= 15 is 0 Å². The van der Waals surface area contributed by atoms with Gasteiger partial charge in [-0.05, 0) is 39.0 Å². The van der Waals surface area contributed by atoms with Crippen LogP contribution < -0.4 is 10.6 Å². The molecule has 1 atom stereocenters. The Hall–Kier alpha value is -1.36. The van der Waals surface area contributed by atoms with Gasteiger partial charge in [-0.2, -0.15) is 0 Å². The maximum atomic E-state index is 6.10. The Kier molecular flexibility index (Phi) is 5.39. The lowest BCUT2D eigenvalue weighted by molar-refractivity contribution is 0.202. The van der Waals surface area contributed by atoms with Gasteiger partial charge in [-0.25, -0.2) is 9.97 Å². The standard InChI is InChI=1S/C16H28N4O/c1-5-6-14-18-15(17)11(2)16(19-14)20(9-10-21-4)12(3)13-7-8-13/h12-13H,5-10H2,1-4H3,(H2,17,18,19). The zero-order valence-electron chi connectivity index (χ0n) is 13.7. The number of nitrogen functional groups attached to an aromatic ring is 1. The van der Waals surface area contributed by atoms with Crippen LogP contribution in [-0.4, -0.2) is 36.3 Å². The normalized spacial score (nSPS) is 16.0. The lowest BCUT2D eigenvalue weighted by Crippen LogP contribution is -2.38. The highest BCUT2D eigenvalue weighted by Crippen LogP contribution is 2.37. The average molecular weight is 292 g/mol. The summed E-state index contributed by atoms with van der Waals surface area (Å²) in [5, 5.41) is 0. The highest BCUT2D eigenvalue weighted by atomic mass is 16.5. The van der Waals surface area contributed by atoms with Gasteiger partial charge in [0.2, 0.25) is 0 Å². The maximum absolute atomic E-state index is 6.10. The smallest absolute Gasteiger partial charge is 0.137 e. The van der Waals surface area contributed by atoms with Gasteiger partial charge in [-0.15, -0.1) is 0 Å². The average Bonchev–Trinajstić information content (AvgIpc) is 3.28. The van der Waals surface area contributed by atoms with Crippen LogP contribution in [0.3, 0.4) is 0 Å². The molecule has 21 heavy (non-hydrogen) atoms. The fraction of sp³-hybridized carbons (Fsp3) is 0.750. The van der Waals surface area contributed by atoms with Crippen LogP contribution in [0, 0.1) is 12.8 Å². The second-order valence-corrected chi connectivity index (χ2v) is 5.99. The first-order chi connectivity index (χ1) is 10.1. The third-order valence-electron chi connectivity index (χ3n) is 4.28. The molecule has 118 valence electrons. The van der Waals surface area contributed by atoms with Gasteiger partial charge in [-0.1, -0.05) is 6.92 Å². The Bertz CT molecular complexity index is 474. The van der Waals surface area contributed by atoms with E-state index in [-0.39, 0.29) is 0 Å². The fourth-order valence-corrected chi connectivity index (χ4v) is 2.71. The van der Waals surface area contributed by atoms with Gasteiger partial charge in [0.05, 0.1) is 6.61 Å². The van der Waals surface area contributed by atoms with E-state index in [1.165, 1.54) is 12.8 Å². The summed E-state index contributed by atoms with van der Waals surface area (Å²) in [6.07, 6.45) is 4.52. The monoisotopic (exact) mass is 292 g/mol. The molecular weight excluding hydrogens is 264 g/mol. The molecular formula is C16H28N4O. The van der Waals surface area contributed by atoms with Crippen molar-refractivity contribution in [3.05, 3.63) is 11.4 Å². The van der Waals surface area contributed by atoms with Crippen molar-refractivity contribution >= 4 is 11.6 Å². The van der Waals surface area contributed by atoms with Crippen LogP contribution in [0.4, 0.5) is 11.6 Å². The van der Waals surface area contributed by atoms with Crippen LogP contribution in [0.25, 0.3) is 0 Å². The Morgan fingerprint density at radius 1 is 1.38 bits per heavy atom. The largest absolute Gasteiger partial charge is 0.383 e. The summed E-state index contributed by atoms with van der Waals surface area (Å²) in [4.78, 5) is 11.6. The summed E-state index contributed by atoms with van der Waals surface area (Å²) in [5.41, 5.74) is 7.09. The van der Waals surface area contributed by atoms with E-state index in [9.17, 15) is 0 Å². The predicted octanol–water partition coefficient (Wildman–Crippen LogP) is 2.57. The van der Waals surface area contributed by atoms with Crippen molar-refractivity contribution in [1.29, 1.82) is 0 Å². The molecule has 0 radical (unpaired) electrons. The van der Waals surface area contributed by atoms with Crippen molar-refractivity contribution in [2.75, 3.05) is 30.9 Å². The first-order valence-corrected chi connectivity index (χ1v) is 7.97. The number of aromatic nitrogens is 2. The topological polar surface area (TPSA) is 64.3 Å². The molecule has 0 aromatic carbocycles. The minimum atomic E-state index is 0.475. The van der Waals surface area contributed by atoms with E-state index < -0.39 is 0 Å². The van der Waals surface area contributed by atoms with Crippen molar-refractivity contribution in [3.8, 4) is 0 Å². The Balaban J connectivity index is 2.32. The van der Waals surface area contributed by atoms with Crippen molar-refractivity contribution in [2.24, 2.45) is 5.92 Å². The predicted molar refractivity (Wildman–Crippen MR) is 86.6 cm³/mol. The molecule has 0 spiro atoms. The quantitative estimate of drug-likeness (QED) is 0.798. The van der Waals surface area contributed by atoms with Gasteiger partial charge < -0.3 is 15.4 Å². The minimum Gasteiger partial charge on any atom is -0.383 e. The van der Waals surface area contributed by atoms with Gasteiger partial charge in [-0.3, -0.25) is 0 Å². The molecule has 1 aliphatic rings. The second kappa shape index (κ2) is 7.07. The van der Waals surface area contributed by atoms with Crippen molar-refractivity contribution in [2.45, 2.75) is 52.5 Å². The van der Waals surface area contributed by atoms with Gasteiger partial charge in [0.1, 0.15) is 17.5 Å². The summed E-state index contributed by atoms with van der Waals surface area (Å²) in [7, 11) is 1.74.